The van der Waals surface area contributed by atoms with Gasteiger partial charge in [0, 0.05) is 18.2 Å². The molecule has 7 heteroatoms. The van der Waals surface area contributed by atoms with E-state index in [-0.39, 0.29) is 18.0 Å². The lowest BCUT2D eigenvalue weighted by molar-refractivity contribution is -0.115. The summed E-state index contributed by atoms with van der Waals surface area (Å²) in [6, 6.07) is 6.68. The summed E-state index contributed by atoms with van der Waals surface area (Å²) in [5, 5.41) is 5.75. The molecular formula is C23H33N3O4. The maximum Gasteiger partial charge on any atom is 0.418 e. The first-order valence-electron chi connectivity index (χ1n) is 11.2. The van der Waals surface area contributed by atoms with Crippen LogP contribution in [0.15, 0.2) is 24.3 Å². The SMILES string of the molecule is CCC(=O)Nc1ccc(C2CC(CC)N(C(=O)OCC3CCCCC3)C(=O)N2)cc1. The van der Waals surface area contributed by atoms with E-state index in [0.29, 0.717) is 31.8 Å². The van der Waals surface area contributed by atoms with Crippen molar-refractivity contribution in [2.45, 2.75) is 77.3 Å². The summed E-state index contributed by atoms with van der Waals surface area (Å²) < 4.78 is 5.51. The zero-order chi connectivity index (χ0) is 21.5. The highest BCUT2D eigenvalue weighted by Crippen LogP contribution is 2.29. The fourth-order valence-corrected chi connectivity index (χ4v) is 4.28. The molecule has 0 radical (unpaired) electrons. The van der Waals surface area contributed by atoms with Gasteiger partial charge in [0.15, 0.2) is 0 Å². The number of amides is 4. The van der Waals surface area contributed by atoms with Gasteiger partial charge in [0.25, 0.3) is 0 Å². The number of anilines is 1. The molecule has 0 bridgehead atoms. The molecule has 2 N–H and O–H groups in total. The summed E-state index contributed by atoms with van der Waals surface area (Å²) in [4.78, 5) is 38.2. The van der Waals surface area contributed by atoms with Crippen LogP contribution in [-0.4, -0.2) is 35.6 Å². The molecule has 1 aliphatic heterocycles. The lowest BCUT2D eigenvalue weighted by Gasteiger charge is -2.38. The highest BCUT2D eigenvalue weighted by molar-refractivity contribution is 5.92. The number of hydrogen-bond acceptors (Lipinski definition) is 4. The predicted octanol–water partition coefficient (Wildman–Crippen LogP) is 4.99. The van der Waals surface area contributed by atoms with Crippen LogP contribution in [0.25, 0.3) is 0 Å². The summed E-state index contributed by atoms with van der Waals surface area (Å²) in [5.74, 6) is 0.372. The van der Waals surface area contributed by atoms with Gasteiger partial charge in [-0.05, 0) is 49.3 Å². The Morgan fingerprint density at radius 1 is 1.13 bits per heavy atom. The Balaban J connectivity index is 1.60. The van der Waals surface area contributed by atoms with Gasteiger partial charge >= 0.3 is 12.1 Å². The molecule has 0 aromatic heterocycles. The van der Waals surface area contributed by atoms with Crippen LogP contribution in [0, 0.1) is 5.92 Å². The Hall–Kier alpha value is -2.57. The largest absolute Gasteiger partial charge is 0.449 e. The first-order chi connectivity index (χ1) is 14.5. The molecule has 2 atom stereocenters. The molecule has 2 aliphatic rings. The number of rotatable bonds is 6. The number of nitrogens with zero attached hydrogens (tertiary/aromatic N) is 1. The molecule has 1 aliphatic carbocycles. The van der Waals surface area contributed by atoms with Gasteiger partial charge in [-0.15, -0.1) is 0 Å². The summed E-state index contributed by atoms with van der Waals surface area (Å²) in [6.07, 6.45) is 6.99. The molecule has 164 valence electrons. The number of imide groups is 1. The van der Waals surface area contributed by atoms with Gasteiger partial charge in [0.05, 0.1) is 12.6 Å². The number of urea groups is 1. The predicted molar refractivity (Wildman–Crippen MR) is 115 cm³/mol. The quantitative estimate of drug-likeness (QED) is 0.685. The van der Waals surface area contributed by atoms with E-state index >= 15 is 0 Å². The van der Waals surface area contributed by atoms with Gasteiger partial charge in [0.2, 0.25) is 5.91 Å². The van der Waals surface area contributed by atoms with Crippen molar-refractivity contribution in [3.63, 3.8) is 0 Å². The smallest absolute Gasteiger partial charge is 0.418 e. The molecule has 1 aromatic rings. The monoisotopic (exact) mass is 415 g/mol. The van der Waals surface area contributed by atoms with Gasteiger partial charge in [0.1, 0.15) is 0 Å². The first kappa shape index (κ1) is 22.1. The highest BCUT2D eigenvalue weighted by atomic mass is 16.6. The molecule has 3 rings (SSSR count). The second-order valence-electron chi connectivity index (χ2n) is 8.27. The van der Waals surface area contributed by atoms with E-state index in [1.54, 1.807) is 6.92 Å². The van der Waals surface area contributed by atoms with Gasteiger partial charge in [-0.25, -0.2) is 14.5 Å². The molecule has 1 heterocycles. The lowest BCUT2D eigenvalue weighted by atomic mass is 9.90. The first-order valence-corrected chi connectivity index (χ1v) is 11.2. The van der Waals surface area contributed by atoms with Gasteiger partial charge in [-0.2, -0.15) is 0 Å². The summed E-state index contributed by atoms with van der Waals surface area (Å²) in [7, 11) is 0. The minimum atomic E-state index is -0.541. The second-order valence-corrected chi connectivity index (χ2v) is 8.27. The van der Waals surface area contributed by atoms with Crippen molar-refractivity contribution in [2.24, 2.45) is 5.92 Å². The number of benzene rings is 1. The summed E-state index contributed by atoms with van der Waals surface area (Å²) in [5.41, 5.74) is 1.68. The lowest BCUT2D eigenvalue weighted by Crippen LogP contribution is -2.56. The molecule has 4 amide bonds. The van der Waals surface area contributed by atoms with Crippen molar-refractivity contribution >= 4 is 23.7 Å². The Kier molecular flexibility index (Phi) is 7.71. The Morgan fingerprint density at radius 2 is 1.83 bits per heavy atom. The maximum absolute atomic E-state index is 12.7. The van der Waals surface area contributed by atoms with Crippen LogP contribution in [0.5, 0.6) is 0 Å². The van der Waals surface area contributed by atoms with E-state index in [0.717, 1.165) is 24.1 Å². The highest BCUT2D eigenvalue weighted by Gasteiger charge is 2.38. The molecule has 1 aromatic carbocycles. The number of carbonyl (C=O) groups excluding carboxylic acids is 3. The minimum absolute atomic E-state index is 0.0397. The van der Waals surface area contributed by atoms with E-state index in [9.17, 15) is 14.4 Å². The van der Waals surface area contributed by atoms with Crippen molar-refractivity contribution in [3.05, 3.63) is 29.8 Å². The average Bonchev–Trinajstić information content (AvgIpc) is 2.78. The Bertz CT molecular complexity index is 743. The molecule has 2 unspecified atom stereocenters. The number of hydrogen-bond donors (Lipinski definition) is 2. The van der Waals surface area contributed by atoms with Crippen LogP contribution < -0.4 is 10.6 Å². The Labute approximate surface area is 178 Å². The molecule has 7 nitrogen and oxygen atoms in total. The van der Waals surface area contributed by atoms with Crippen LogP contribution in [0.4, 0.5) is 15.3 Å². The van der Waals surface area contributed by atoms with E-state index < -0.39 is 12.1 Å². The van der Waals surface area contributed by atoms with E-state index in [4.69, 9.17) is 4.74 Å². The van der Waals surface area contributed by atoms with Crippen molar-refractivity contribution in [1.29, 1.82) is 0 Å². The van der Waals surface area contributed by atoms with Crippen molar-refractivity contribution in [1.82, 2.24) is 10.2 Å². The molecule has 0 spiro atoms. The second kappa shape index (κ2) is 10.5. The van der Waals surface area contributed by atoms with Crippen molar-refractivity contribution in [2.75, 3.05) is 11.9 Å². The summed E-state index contributed by atoms with van der Waals surface area (Å²) >= 11 is 0. The average molecular weight is 416 g/mol. The molecular weight excluding hydrogens is 382 g/mol. The topological polar surface area (TPSA) is 87.7 Å². The fraction of sp³-hybridized carbons (Fsp3) is 0.609. The standard InChI is InChI=1S/C23H33N3O4/c1-3-19-14-20(17-10-12-18(13-11-17)24-21(27)4-2)25-22(28)26(19)23(29)30-15-16-8-6-5-7-9-16/h10-13,16,19-20H,3-9,14-15H2,1-2H3,(H,24,27)(H,25,28). The summed E-state index contributed by atoms with van der Waals surface area (Å²) in [6.45, 7) is 4.18. The van der Waals surface area contributed by atoms with Crippen LogP contribution >= 0.6 is 0 Å². The van der Waals surface area contributed by atoms with Gasteiger partial charge in [-0.3, -0.25) is 4.79 Å². The number of ether oxygens (including phenoxy) is 1. The molecule has 1 saturated heterocycles. The van der Waals surface area contributed by atoms with Crippen LogP contribution in [0.3, 0.4) is 0 Å². The van der Waals surface area contributed by atoms with Crippen LogP contribution in [0.1, 0.15) is 76.8 Å². The third-order valence-corrected chi connectivity index (χ3v) is 6.14. The normalized spacial score (nSPS) is 22.3. The molecule has 2 fully saturated rings. The third-order valence-electron chi connectivity index (χ3n) is 6.14. The van der Waals surface area contributed by atoms with Crippen LogP contribution in [-0.2, 0) is 9.53 Å². The maximum atomic E-state index is 12.7. The van der Waals surface area contributed by atoms with E-state index in [1.807, 2.05) is 31.2 Å². The number of nitrogens with one attached hydrogen (secondary N) is 2. The Morgan fingerprint density at radius 3 is 2.47 bits per heavy atom. The zero-order valence-corrected chi connectivity index (χ0v) is 18.0. The third kappa shape index (κ3) is 5.52. The number of carbonyl (C=O) groups is 3. The van der Waals surface area contributed by atoms with Gasteiger partial charge < -0.3 is 15.4 Å². The van der Waals surface area contributed by atoms with Crippen molar-refractivity contribution in [3.8, 4) is 0 Å². The van der Waals surface area contributed by atoms with Crippen LogP contribution in [0.2, 0.25) is 0 Å². The van der Waals surface area contributed by atoms with E-state index in [1.165, 1.54) is 24.2 Å². The van der Waals surface area contributed by atoms with Gasteiger partial charge in [-0.1, -0.05) is 45.2 Å². The molecule has 30 heavy (non-hydrogen) atoms. The molecule has 1 saturated carbocycles. The van der Waals surface area contributed by atoms with E-state index in [2.05, 4.69) is 10.6 Å². The minimum Gasteiger partial charge on any atom is -0.449 e. The van der Waals surface area contributed by atoms with Crippen molar-refractivity contribution < 1.29 is 19.1 Å². The fourth-order valence-electron chi connectivity index (χ4n) is 4.28. The zero-order valence-electron chi connectivity index (χ0n) is 18.0.